The number of nitrogens with zero attached hydrogens (tertiary/aromatic N) is 2. The van der Waals surface area contributed by atoms with Crippen LogP contribution in [0, 0.1) is 13.8 Å². The number of hydrogen-bond donors (Lipinski definition) is 1. The predicted octanol–water partition coefficient (Wildman–Crippen LogP) is 1.60. The molecule has 0 radical (unpaired) electrons. The van der Waals surface area contributed by atoms with Crippen LogP contribution in [0.25, 0.3) is 11.1 Å². The van der Waals surface area contributed by atoms with Crippen LogP contribution in [0.3, 0.4) is 0 Å². The van der Waals surface area contributed by atoms with Crippen LogP contribution >= 0.6 is 0 Å². The first-order valence-electron chi connectivity index (χ1n) is 12.5. The second kappa shape index (κ2) is 12.9. The molecule has 9 heteroatoms. The van der Waals surface area contributed by atoms with Crippen molar-refractivity contribution in [1.29, 1.82) is 0 Å². The van der Waals surface area contributed by atoms with E-state index in [1.165, 1.54) is 0 Å². The topological polar surface area (TPSA) is 105 Å². The average Bonchev–Trinajstić information content (AvgIpc) is 3.15. The molecule has 0 aliphatic rings. The molecule has 3 aromatic carbocycles. The van der Waals surface area contributed by atoms with Crippen molar-refractivity contribution in [3.8, 4) is 22.6 Å². The van der Waals surface area contributed by atoms with E-state index in [0.29, 0.717) is 18.8 Å². The fraction of sp³-hybridized carbons (Fsp3) is 0.333. The third-order valence-electron chi connectivity index (χ3n) is 6.29. The molecule has 0 saturated carbocycles. The molecule has 200 valence electrons. The minimum atomic E-state index is -0.899. The Labute approximate surface area is 249 Å². The number of benzene rings is 3. The Morgan fingerprint density at radius 1 is 1.00 bits per heavy atom. The summed E-state index contributed by atoms with van der Waals surface area (Å²) in [7, 11) is 0. The van der Waals surface area contributed by atoms with Gasteiger partial charge in [-0.3, -0.25) is 9.53 Å². The van der Waals surface area contributed by atoms with E-state index in [1.54, 1.807) is 13.8 Å². The van der Waals surface area contributed by atoms with Gasteiger partial charge in [0.15, 0.2) is 5.69 Å². The Balaban J connectivity index is 0.00000420. The SMILES string of the molecule is Cc1cc(O[C@@H](C)CC(C)(C)O)ccc1-c1cccc(COc2ccc(Cn3oc(=O)[n-]c3=O)cc2)c1C.[Na+]. The summed E-state index contributed by atoms with van der Waals surface area (Å²) in [5.41, 5.74) is 4.86. The van der Waals surface area contributed by atoms with E-state index in [0.717, 1.165) is 43.9 Å². The van der Waals surface area contributed by atoms with Gasteiger partial charge in [-0.2, -0.15) is 0 Å². The largest absolute Gasteiger partial charge is 1.00 e. The average molecular weight is 541 g/mol. The summed E-state index contributed by atoms with van der Waals surface area (Å²) >= 11 is 0. The van der Waals surface area contributed by atoms with Crippen LogP contribution in [0.2, 0.25) is 0 Å². The minimum absolute atomic E-state index is 0. The van der Waals surface area contributed by atoms with Gasteiger partial charge >= 0.3 is 35.3 Å². The molecule has 4 aromatic rings. The Morgan fingerprint density at radius 2 is 1.69 bits per heavy atom. The van der Waals surface area contributed by atoms with Crippen LogP contribution in [-0.2, 0) is 13.2 Å². The van der Waals surface area contributed by atoms with Crippen molar-refractivity contribution in [3.63, 3.8) is 0 Å². The first-order chi connectivity index (χ1) is 18.0. The number of aryl methyl sites for hydroxylation is 1. The van der Waals surface area contributed by atoms with Crippen LogP contribution in [0.15, 0.2) is 74.8 Å². The summed E-state index contributed by atoms with van der Waals surface area (Å²) < 4.78 is 17.7. The van der Waals surface area contributed by atoms with E-state index >= 15 is 0 Å². The van der Waals surface area contributed by atoms with Gasteiger partial charge in [-0.1, -0.05) is 36.4 Å². The summed E-state index contributed by atoms with van der Waals surface area (Å²) in [5.74, 6) is 0.569. The number of hydrogen-bond acceptors (Lipinski definition) is 6. The zero-order valence-corrected chi connectivity index (χ0v) is 25.4. The van der Waals surface area contributed by atoms with Gasteiger partial charge in [-0.05, 0) is 92.3 Å². The standard InChI is InChI=1S/C30H34N2O6.Na/c1-19-15-25(37-20(2)16-30(4,5)35)13-14-26(19)27-8-6-7-23(21(27)3)18-36-24-11-9-22(10-12-24)17-32-28(33)31-29(34)38-32;/h6-15,20,35H,16-18H2,1-5H3,(H,31,33,34);/q;+1/p-1/t20-;/m0./s1. The van der Waals surface area contributed by atoms with E-state index in [4.69, 9.17) is 14.0 Å². The van der Waals surface area contributed by atoms with E-state index in [9.17, 15) is 14.7 Å². The van der Waals surface area contributed by atoms with Crippen LogP contribution in [0.5, 0.6) is 11.5 Å². The number of ether oxygens (including phenoxy) is 2. The third-order valence-corrected chi connectivity index (χ3v) is 6.29. The van der Waals surface area contributed by atoms with Gasteiger partial charge < -0.3 is 24.1 Å². The Morgan fingerprint density at radius 3 is 2.31 bits per heavy atom. The van der Waals surface area contributed by atoms with Crippen molar-refractivity contribution in [2.75, 3.05) is 0 Å². The molecular formula is C30H33N2NaO6. The fourth-order valence-corrected chi connectivity index (χ4v) is 4.53. The molecule has 4 rings (SSSR count). The predicted molar refractivity (Wildman–Crippen MR) is 145 cm³/mol. The van der Waals surface area contributed by atoms with E-state index < -0.39 is 17.0 Å². The molecule has 0 spiro atoms. The molecule has 0 fully saturated rings. The van der Waals surface area contributed by atoms with E-state index in [2.05, 4.69) is 37.0 Å². The Kier molecular flexibility index (Phi) is 10.1. The minimum Gasteiger partial charge on any atom is -0.491 e. The summed E-state index contributed by atoms with van der Waals surface area (Å²) in [4.78, 5) is 25.9. The monoisotopic (exact) mass is 540 g/mol. The van der Waals surface area contributed by atoms with Crippen molar-refractivity contribution >= 4 is 0 Å². The molecule has 0 saturated heterocycles. The van der Waals surface area contributed by atoms with E-state index in [-0.39, 0.29) is 42.2 Å². The molecule has 0 amide bonds. The van der Waals surface area contributed by atoms with Crippen molar-refractivity contribution in [2.45, 2.75) is 65.9 Å². The first kappa shape index (κ1) is 30.5. The number of aromatic nitrogens is 2. The second-order valence-corrected chi connectivity index (χ2v) is 10.2. The number of rotatable bonds is 10. The molecule has 1 heterocycles. The van der Waals surface area contributed by atoms with Crippen molar-refractivity contribution in [1.82, 2.24) is 9.72 Å². The molecule has 0 aliphatic heterocycles. The zero-order valence-electron chi connectivity index (χ0n) is 23.4. The van der Waals surface area contributed by atoms with Crippen LogP contribution < -0.4 is 55.5 Å². The summed E-state index contributed by atoms with van der Waals surface area (Å²) in [6.45, 7) is 10.2. The summed E-state index contributed by atoms with van der Waals surface area (Å²) in [6, 6.07) is 19.5. The maximum absolute atomic E-state index is 11.6. The van der Waals surface area contributed by atoms with Gasteiger partial charge in [-0.15, -0.1) is 0 Å². The summed E-state index contributed by atoms with van der Waals surface area (Å²) in [5, 5.41) is 10.0. The quantitative estimate of drug-likeness (QED) is 0.305. The van der Waals surface area contributed by atoms with Crippen molar-refractivity contribution < 1.29 is 48.7 Å². The maximum atomic E-state index is 11.6. The Bertz CT molecular complexity index is 1510. The zero-order chi connectivity index (χ0) is 27.4. The normalized spacial score (nSPS) is 12.1. The number of aliphatic hydroxyl groups is 1. The fourth-order valence-electron chi connectivity index (χ4n) is 4.53. The molecule has 1 atom stereocenters. The third kappa shape index (κ3) is 8.22. The van der Waals surface area contributed by atoms with Crippen molar-refractivity contribution in [3.05, 3.63) is 104 Å². The molecule has 39 heavy (non-hydrogen) atoms. The smallest absolute Gasteiger partial charge is 0.491 e. The molecule has 8 nitrogen and oxygen atoms in total. The maximum Gasteiger partial charge on any atom is 1.00 e. The van der Waals surface area contributed by atoms with Gasteiger partial charge in [0.2, 0.25) is 0 Å². The van der Waals surface area contributed by atoms with E-state index in [1.807, 2.05) is 49.4 Å². The molecular weight excluding hydrogens is 507 g/mol. The molecule has 1 aromatic heterocycles. The van der Waals surface area contributed by atoms with Gasteiger partial charge in [0, 0.05) is 13.0 Å². The Hall–Kier alpha value is -3.04. The van der Waals surface area contributed by atoms with Gasteiger partial charge in [0.05, 0.1) is 11.7 Å². The molecule has 0 bridgehead atoms. The van der Waals surface area contributed by atoms with Crippen molar-refractivity contribution in [2.24, 2.45) is 0 Å². The first-order valence-corrected chi connectivity index (χ1v) is 12.5. The second-order valence-electron chi connectivity index (χ2n) is 10.2. The van der Waals surface area contributed by atoms with Crippen LogP contribution in [0.4, 0.5) is 0 Å². The van der Waals surface area contributed by atoms with Gasteiger partial charge in [0.25, 0.3) is 0 Å². The van der Waals surface area contributed by atoms with Crippen LogP contribution in [-0.4, -0.2) is 21.6 Å². The van der Waals surface area contributed by atoms with Crippen LogP contribution in [0.1, 0.15) is 49.4 Å². The van der Waals surface area contributed by atoms with Gasteiger partial charge in [0.1, 0.15) is 18.1 Å². The molecule has 0 unspecified atom stereocenters. The molecule has 1 N–H and O–H groups in total. The van der Waals surface area contributed by atoms with Gasteiger partial charge in [-0.25, -0.2) is 4.79 Å². The molecule has 0 aliphatic carbocycles. The summed E-state index contributed by atoms with van der Waals surface area (Å²) in [6.07, 6.45) is 0.439.